The van der Waals surface area contributed by atoms with Crippen LogP contribution in [0.4, 0.5) is 0 Å². The van der Waals surface area contributed by atoms with Crippen molar-refractivity contribution in [3.05, 3.63) is 34.9 Å². The zero-order valence-corrected chi connectivity index (χ0v) is 10.5. The third-order valence-corrected chi connectivity index (χ3v) is 2.26. The van der Waals surface area contributed by atoms with Crippen molar-refractivity contribution in [2.75, 3.05) is 0 Å². The smallest absolute Gasteiger partial charge is 0.241 e. The molecule has 0 aromatic heterocycles. The summed E-state index contributed by atoms with van der Waals surface area (Å²) >= 11 is 5.76. The first-order chi connectivity index (χ1) is 7.29. The molecule has 3 N–H and O–H groups in total. The number of hydrogen-bond donors (Lipinski definition) is 2. The predicted octanol–water partition coefficient (Wildman–Crippen LogP) is 2.25. The molecular weight excluding hydrogens is 224 g/mol. The van der Waals surface area contributed by atoms with E-state index in [9.17, 15) is 4.79 Å². The van der Waals surface area contributed by atoms with Crippen molar-refractivity contribution in [3.63, 3.8) is 0 Å². The molecule has 0 unspecified atom stereocenters. The van der Waals surface area contributed by atoms with Crippen molar-refractivity contribution in [1.29, 1.82) is 0 Å². The van der Waals surface area contributed by atoms with E-state index in [0.717, 1.165) is 5.56 Å². The van der Waals surface area contributed by atoms with Crippen LogP contribution < -0.4 is 11.1 Å². The highest BCUT2D eigenvalue weighted by Crippen LogP contribution is 2.15. The molecule has 0 aliphatic rings. The van der Waals surface area contributed by atoms with Gasteiger partial charge in [-0.1, -0.05) is 23.7 Å². The summed E-state index contributed by atoms with van der Waals surface area (Å²) in [5, 5.41) is 3.47. The van der Waals surface area contributed by atoms with Gasteiger partial charge in [0.25, 0.3) is 0 Å². The number of carbonyl (C=O) groups excluding carboxylic acids is 1. The third kappa shape index (κ3) is 3.83. The van der Waals surface area contributed by atoms with E-state index in [1.165, 1.54) is 0 Å². The Morgan fingerprint density at radius 1 is 1.31 bits per heavy atom. The summed E-state index contributed by atoms with van der Waals surface area (Å²) < 4.78 is 0. The highest BCUT2D eigenvalue weighted by atomic mass is 35.5. The summed E-state index contributed by atoms with van der Waals surface area (Å²) in [6.07, 6.45) is 0. The Bertz CT molecular complexity index is 368. The molecule has 1 aromatic carbocycles. The second-order valence-corrected chi connectivity index (χ2v) is 5.20. The lowest BCUT2D eigenvalue weighted by molar-refractivity contribution is -0.123. The molecule has 0 heterocycles. The van der Waals surface area contributed by atoms with Crippen LogP contribution in [-0.2, 0) is 4.79 Å². The average molecular weight is 241 g/mol. The van der Waals surface area contributed by atoms with Crippen LogP contribution in [0.2, 0.25) is 5.02 Å². The number of benzene rings is 1. The summed E-state index contributed by atoms with van der Waals surface area (Å²) in [5.41, 5.74) is 6.32. The fourth-order valence-electron chi connectivity index (χ4n) is 1.27. The molecular formula is C12H17ClN2O. The number of nitrogens with one attached hydrogen (secondary N) is 1. The third-order valence-electron chi connectivity index (χ3n) is 2.01. The van der Waals surface area contributed by atoms with Gasteiger partial charge in [-0.15, -0.1) is 0 Å². The predicted molar refractivity (Wildman–Crippen MR) is 66.3 cm³/mol. The molecule has 0 saturated carbocycles. The topological polar surface area (TPSA) is 55.1 Å². The lowest BCUT2D eigenvalue weighted by atomic mass is 10.0. The van der Waals surface area contributed by atoms with Gasteiger partial charge in [-0.25, -0.2) is 0 Å². The SMILES string of the molecule is CC(C)(C)NC(=O)[C@H](N)c1ccc(Cl)cc1. The van der Waals surface area contributed by atoms with Gasteiger partial charge in [-0.2, -0.15) is 0 Å². The maximum absolute atomic E-state index is 11.8. The van der Waals surface area contributed by atoms with Gasteiger partial charge in [0.15, 0.2) is 0 Å². The molecule has 1 atom stereocenters. The minimum absolute atomic E-state index is 0.185. The minimum Gasteiger partial charge on any atom is -0.350 e. The van der Waals surface area contributed by atoms with Gasteiger partial charge in [0, 0.05) is 10.6 Å². The zero-order valence-electron chi connectivity index (χ0n) is 9.75. The molecule has 0 saturated heterocycles. The number of rotatable bonds is 2. The van der Waals surface area contributed by atoms with E-state index in [0.29, 0.717) is 5.02 Å². The van der Waals surface area contributed by atoms with Crippen LogP contribution in [0.3, 0.4) is 0 Å². The fourth-order valence-corrected chi connectivity index (χ4v) is 1.39. The molecule has 16 heavy (non-hydrogen) atoms. The quantitative estimate of drug-likeness (QED) is 0.833. The van der Waals surface area contributed by atoms with Crippen molar-refractivity contribution >= 4 is 17.5 Å². The van der Waals surface area contributed by atoms with Crippen molar-refractivity contribution in [2.45, 2.75) is 32.4 Å². The second-order valence-electron chi connectivity index (χ2n) is 4.77. The number of amides is 1. The lowest BCUT2D eigenvalue weighted by Gasteiger charge is -2.23. The van der Waals surface area contributed by atoms with Crippen molar-refractivity contribution in [1.82, 2.24) is 5.32 Å². The fraction of sp³-hybridized carbons (Fsp3) is 0.417. The number of carbonyl (C=O) groups is 1. The van der Waals surface area contributed by atoms with Crippen molar-refractivity contribution in [2.24, 2.45) is 5.73 Å². The number of halogens is 1. The molecule has 4 heteroatoms. The van der Waals surface area contributed by atoms with Crippen LogP contribution in [0.1, 0.15) is 32.4 Å². The van der Waals surface area contributed by atoms with E-state index < -0.39 is 6.04 Å². The Balaban J connectivity index is 2.74. The average Bonchev–Trinajstić information content (AvgIpc) is 2.15. The van der Waals surface area contributed by atoms with Crippen LogP contribution in [-0.4, -0.2) is 11.4 Å². The monoisotopic (exact) mass is 240 g/mol. The molecule has 1 amide bonds. The maximum atomic E-state index is 11.8. The van der Waals surface area contributed by atoms with E-state index in [4.69, 9.17) is 17.3 Å². The van der Waals surface area contributed by atoms with Crippen LogP contribution in [0, 0.1) is 0 Å². The van der Waals surface area contributed by atoms with Crippen LogP contribution >= 0.6 is 11.6 Å². The largest absolute Gasteiger partial charge is 0.350 e. The van der Waals surface area contributed by atoms with Gasteiger partial charge in [-0.3, -0.25) is 4.79 Å². The van der Waals surface area contributed by atoms with Crippen LogP contribution in [0.15, 0.2) is 24.3 Å². The van der Waals surface area contributed by atoms with Crippen molar-refractivity contribution < 1.29 is 4.79 Å². The van der Waals surface area contributed by atoms with Gasteiger partial charge in [-0.05, 0) is 38.5 Å². The Labute approximate surface area is 101 Å². The Morgan fingerprint density at radius 2 is 1.81 bits per heavy atom. The van der Waals surface area contributed by atoms with Gasteiger partial charge >= 0.3 is 0 Å². The summed E-state index contributed by atoms with van der Waals surface area (Å²) in [7, 11) is 0. The first kappa shape index (κ1) is 13.0. The molecule has 0 spiro atoms. The normalized spacial score (nSPS) is 13.3. The summed E-state index contributed by atoms with van der Waals surface area (Å²) in [4.78, 5) is 11.8. The molecule has 1 rings (SSSR count). The number of hydrogen-bond acceptors (Lipinski definition) is 2. The molecule has 0 aliphatic heterocycles. The van der Waals surface area contributed by atoms with Crippen LogP contribution in [0.25, 0.3) is 0 Å². The second kappa shape index (κ2) is 4.85. The first-order valence-corrected chi connectivity index (χ1v) is 5.50. The highest BCUT2D eigenvalue weighted by molar-refractivity contribution is 6.30. The summed E-state index contributed by atoms with van der Waals surface area (Å²) in [6.45, 7) is 5.75. The summed E-state index contributed by atoms with van der Waals surface area (Å²) in [6, 6.07) is 6.31. The van der Waals surface area contributed by atoms with Gasteiger partial charge in [0.05, 0.1) is 0 Å². The maximum Gasteiger partial charge on any atom is 0.241 e. The van der Waals surface area contributed by atoms with E-state index in [2.05, 4.69) is 5.32 Å². The lowest BCUT2D eigenvalue weighted by Crippen LogP contribution is -2.45. The Kier molecular flexibility index (Phi) is 3.94. The Hall–Kier alpha value is -1.06. The standard InChI is InChI=1S/C12H17ClN2O/c1-12(2,3)15-11(16)10(14)8-4-6-9(13)7-5-8/h4-7,10H,14H2,1-3H3,(H,15,16)/t10-/m1/s1. The van der Waals surface area contributed by atoms with Gasteiger partial charge in [0.2, 0.25) is 5.91 Å². The molecule has 88 valence electrons. The summed E-state index contributed by atoms with van der Waals surface area (Å²) in [5.74, 6) is -0.185. The van der Waals surface area contributed by atoms with Gasteiger partial charge < -0.3 is 11.1 Å². The van der Waals surface area contributed by atoms with E-state index in [1.54, 1.807) is 24.3 Å². The zero-order chi connectivity index (χ0) is 12.3. The molecule has 3 nitrogen and oxygen atoms in total. The van der Waals surface area contributed by atoms with E-state index >= 15 is 0 Å². The Morgan fingerprint density at radius 3 is 2.25 bits per heavy atom. The minimum atomic E-state index is -0.656. The van der Waals surface area contributed by atoms with E-state index in [1.807, 2.05) is 20.8 Å². The van der Waals surface area contributed by atoms with Crippen molar-refractivity contribution in [3.8, 4) is 0 Å². The molecule has 0 aliphatic carbocycles. The molecule has 1 aromatic rings. The van der Waals surface area contributed by atoms with Crippen LogP contribution in [0.5, 0.6) is 0 Å². The molecule has 0 bridgehead atoms. The van der Waals surface area contributed by atoms with E-state index in [-0.39, 0.29) is 11.4 Å². The highest BCUT2D eigenvalue weighted by Gasteiger charge is 2.20. The first-order valence-electron chi connectivity index (χ1n) is 5.13. The number of nitrogens with two attached hydrogens (primary N) is 1. The molecule has 0 radical (unpaired) electrons. The van der Waals surface area contributed by atoms with Gasteiger partial charge in [0.1, 0.15) is 6.04 Å². The molecule has 0 fully saturated rings.